The molecule has 0 aliphatic heterocycles. The molecule has 0 atom stereocenters. The van der Waals surface area contributed by atoms with Crippen molar-refractivity contribution in [1.82, 2.24) is 9.97 Å². The summed E-state index contributed by atoms with van der Waals surface area (Å²) in [6, 6.07) is 1.62. The van der Waals surface area contributed by atoms with Gasteiger partial charge in [0.05, 0.1) is 17.5 Å². The molecule has 0 fully saturated rings. The second-order valence-corrected chi connectivity index (χ2v) is 3.19. The number of carboxylic acid groups (broad SMARTS) is 1. The van der Waals surface area contributed by atoms with Gasteiger partial charge in [-0.2, -0.15) is 0 Å². The van der Waals surface area contributed by atoms with Crippen LogP contribution in [0.1, 0.15) is 16.1 Å². The average molecular weight is 220 g/mol. The van der Waals surface area contributed by atoms with E-state index in [1.54, 1.807) is 6.07 Å². The number of hydrogen-bond donors (Lipinski definition) is 2. The van der Waals surface area contributed by atoms with Crippen LogP contribution in [-0.4, -0.2) is 21.0 Å². The van der Waals surface area contributed by atoms with E-state index in [9.17, 15) is 9.59 Å². The van der Waals surface area contributed by atoms with Gasteiger partial charge in [-0.1, -0.05) is 0 Å². The predicted octanol–water partition coefficient (Wildman–Crippen LogP) is 1.04. The molecule has 0 saturated carbocycles. The van der Waals surface area contributed by atoms with Gasteiger partial charge < -0.3 is 14.5 Å². The lowest BCUT2D eigenvalue weighted by atomic mass is 10.2. The van der Waals surface area contributed by atoms with Crippen LogP contribution in [0.5, 0.6) is 0 Å². The van der Waals surface area contributed by atoms with Crippen molar-refractivity contribution < 1.29 is 14.3 Å². The van der Waals surface area contributed by atoms with Crippen molar-refractivity contribution in [3.63, 3.8) is 0 Å². The summed E-state index contributed by atoms with van der Waals surface area (Å²) in [6.07, 6.45) is 2.86. The number of nitrogens with one attached hydrogen (secondary N) is 1. The van der Waals surface area contributed by atoms with Crippen molar-refractivity contribution in [2.75, 3.05) is 0 Å². The van der Waals surface area contributed by atoms with E-state index >= 15 is 0 Å². The third-order valence-electron chi connectivity index (χ3n) is 2.11. The smallest absolute Gasteiger partial charge is 0.343 e. The molecule has 0 saturated heterocycles. The predicted molar refractivity (Wildman–Crippen MR) is 54.3 cm³/mol. The number of carbonyl (C=O) groups is 1. The number of aryl methyl sites for hydroxylation is 1. The Hall–Kier alpha value is -2.37. The van der Waals surface area contributed by atoms with Crippen LogP contribution in [0.2, 0.25) is 0 Å². The number of nitrogens with zero attached hydrogens (tertiary/aromatic N) is 1. The standard InChI is InChI=1S/C10H8N2O4/c1-5-7(10(14)15)9(13)12-8(11-5)6-2-3-16-4-6/h2-4H,1H3,(H,14,15)(H,11,12,13). The molecule has 0 radical (unpaired) electrons. The molecule has 0 unspecified atom stereocenters. The van der Waals surface area contributed by atoms with Crippen LogP contribution in [0, 0.1) is 6.92 Å². The van der Waals surface area contributed by atoms with Crippen LogP contribution in [0.25, 0.3) is 11.4 Å². The summed E-state index contributed by atoms with van der Waals surface area (Å²) in [7, 11) is 0. The number of aromatic amines is 1. The van der Waals surface area contributed by atoms with Gasteiger partial charge in [-0.3, -0.25) is 4.79 Å². The Bertz CT molecular complexity index is 583. The van der Waals surface area contributed by atoms with Crippen LogP contribution >= 0.6 is 0 Å². The lowest BCUT2D eigenvalue weighted by molar-refractivity contribution is 0.0693. The van der Waals surface area contributed by atoms with E-state index in [0.717, 1.165) is 0 Å². The van der Waals surface area contributed by atoms with Crippen LogP contribution < -0.4 is 5.56 Å². The van der Waals surface area contributed by atoms with E-state index in [1.807, 2.05) is 0 Å². The molecule has 0 aliphatic rings. The zero-order chi connectivity index (χ0) is 11.7. The summed E-state index contributed by atoms with van der Waals surface area (Å²) in [4.78, 5) is 28.6. The minimum Gasteiger partial charge on any atom is -0.477 e. The van der Waals surface area contributed by atoms with E-state index in [0.29, 0.717) is 11.4 Å². The minimum absolute atomic E-state index is 0.174. The number of aromatic nitrogens is 2. The number of aromatic carboxylic acids is 1. The molecule has 0 amide bonds. The molecule has 0 spiro atoms. The first-order valence-electron chi connectivity index (χ1n) is 4.46. The van der Waals surface area contributed by atoms with Gasteiger partial charge in [-0.05, 0) is 13.0 Å². The van der Waals surface area contributed by atoms with Crippen molar-refractivity contribution in [1.29, 1.82) is 0 Å². The van der Waals surface area contributed by atoms with Crippen LogP contribution in [-0.2, 0) is 0 Å². The van der Waals surface area contributed by atoms with Crippen LogP contribution in [0.4, 0.5) is 0 Å². The monoisotopic (exact) mass is 220 g/mol. The van der Waals surface area contributed by atoms with Gasteiger partial charge in [0, 0.05) is 0 Å². The Labute approximate surface area is 89.6 Å². The van der Waals surface area contributed by atoms with E-state index in [2.05, 4.69) is 9.97 Å². The molecular formula is C10H8N2O4. The number of rotatable bonds is 2. The SMILES string of the molecule is Cc1nc(-c2ccoc2)[nH]c(=O)c1C(=O)O. The van der Waals surface area contributed by atoms with Crippen molar-refractivity contribution >= 4 is 5.97 Å². The fourth-order valence-corrected chi connectivity index (χ4v) is 1.37. The summed E-state index contributed by atoms with van der Waals surface area (Å²) in [6.45, 7) is 1.47. The van der Waals surface area contributed by atoms with E-state index in [-0.39, 0.29) is 11.3 Å². The molecule has 2 aromatic heterocycles. The van der Waals surface area contributed by atoms with Gasteiger partial charge in [-0.25, -0.2) is 9.78 Å². The summed E-state index contributed by atoms with van der Waals surface area (Å²) >= 11 is 0. The Balaban J connectivity index is 2.63. The largest absolute Gasteiger partial charge is 0.477 e. The highest BCUT2D eigenvalue weighted by Gasteiger charge is 2.15. The molecule has 6 nitrogen and oxygen atoms in total. The Morgan fingerprint density at radius 1 is 1.56 bits per heavy atom. The minimum atomic E-state index is -1.29. The van der Waals surface area contributed by atoms with Crippen LogP contribution in [0.15, 0.2) is 27.8 Å². The van der Waals surface area contributed by atoms with Crippen molar-refractivity contribution in [2.24, 2.45) is 0 Å². The van der Waals surface area contributed by atoms with E-state index < -0.39 is 11.5 Å². The average Bonchev–Trinajstić information content (AvgIpc) is 2.67. The zero-order valence-electron chi connectivity index (χ0n) is 8.35. The molecule has 6 heteroatoms. The molecule has 0 aromatic carbocycles. The fraction of sp³-hybridized carbons (Fsp3) is 0.100. The first-order chi connectivity index (χ1) is 7.59. The number of furan rings is 1. The first-order valence-corrected chi connectivity index (χ1v) is 4.46. The molecule has 2 rings (SSSR count). The maximum Gasteiger partial charge on any atom is 0.343 e. The lowest BCUT2D eigenvalue weighted by Crippen LogP contribution is -2.21. The molecule has 82 valence electrons. The normalized spacial score (nSPS) is 10.3. The van der Waals surface area contributed by atoms with Gasteiger partial charge in [0.25, 0.3) is 5.56 Å². The summed E-state index contributed by atoms with van der Waals surface area (Å²) in [5, 5.41) is 8.79. The highest BCUT2D eigenvalue weighted by molar-refractivity contribution is 5.88. The molecule has 2 aromatic rings. The van der Waals surface area contributed by atoms with Crippen molar-refractivity contribution in [3.05, 3.63) is 40.2 Å². The third-order valence-corrected chi connectivity index (χ3v) is 2.11. The highest BCUT2D eigenvalue weighted by atomic mass is 16.4. The van der Waals surface area contributed by atoms with Crippen molar-refractivity contribution in [2.45, 2.75) is 6.92 Å². The summed E-state index contributed by atoms with van der Waals surface area (Å²) < 4.78 is 4.85. The molecule has 16 heavy (non-hydrogen) atoms. The van der Waals surface area contributed by atoms with Gasteiger partial charge in [0.2, 0.25) is 0 Å². The van der Waals surface area contributed by atoms with Gasteiger partial charge in [-0.15, -0.1) is 0 Å². The molecule has 2 heterocycles. The van der Waals surface area contributed by atoms with Gasteiger partial charge in [0.1, 0.15) is 17.7 Å². The molecular weight excluding hydrogens is 212 g/mol. The summed E-state index contributed by atoms with van der Waals surface area (Å²) in [5.74, 6) is -0.994. The van der Waals surface area contributed by atoms with E-state index in [1.165, 1.54) is 19.5 Å². The maximum atomic E-state index is 11.5. The lowest BCUT2D eigenvalue weighted by Gasteiger charge is -2.01. The highest BCUT2D eigenvalue weighted by Crippen LogP contribution is 2.14. The maximum absolute atomic E-state index is 11.5. The van der Waals surface area contributed by atoms with Gasteiger partial charge in [0.15, 0.2) is 0 Å². The molecule has 0 aliphatic carbocycles. The summed E-state index contributed by atoms with van der Waals surface area (Å²) in [5.41, 5.74) is -0.243. The Morgan fingerprint density at radius 2 is 2.31 bits per heavy atom. The quantitative estimate of drug-likeness (QED) is 0.788. The number of carboxylic acids is 1. The molecule has 0 bridgehead atoms. The van der Waals surface area contributed by atoms with Crippen LogP contribution in [0.3, 0.4) is 0 Å². The third kappa shape index (κ3) is 1.60. The zero-order valence-corrected chi connectivity index (χ0v) is 8.35. The number of hydrogen-bond acceptors (Lipinski definition) is 4. The Kier molecular flexibility index (Phi) is 2.32. The topological polar surface area (TPSA) is 96.2 Å². The number of H-pyrrole nitrogens is 1. The van der Waals surface area contributed by atoms with E-state index in [4.69, 9.17) is 9.52 Å². The second-order valence-electron chi connectivity index (χ2n) is 3.19. The van der Waals surface area contributed by atoms with Crippen molar-refractivity contribution in [3.8, 4) is 11.4 Å². The van der Waals surface area contributed by atoms with Gasteiger partial charge >= 0.3 is 5.97 Å². The first kappa shape index (κ1) is 10.2. The Morgan fingerprint density at radius 3 is 2.81 bits per heavy atom. The molecule has 2 N–H and O–H groups in total. The fourth-order valence-electron chi connectivity index (χ4n) is 1.37. The second kappa shape index (κ2) is 3.65.